The largest absolute Gasteiger partial charge is 0.493 e. The Morgan fingerprint density at radius 2 is 1.36 bits per heavy atom. The Morgan fingerprint density at radius 3 is 1.79 bits per heavy atom. The molecule has 0 N–H and O–H groups in total. The van der Waals surface area contributed by atoms with Gasteiger partial charge in [-0.1, -0.05) is 45.0 Å². The molecule has 0 spiro atoms. The van der Waals surface area contributed by atoms with Gasteiger partial charge in [0.05, 0.1) is 26.9 Å². The number of carbonyl (C=O) groups is 2. The molecule has 0 aromatic heterocycles. The van der Waals surface area contributed by atoms with Gasteiger partial charge in [0, 0.05) is 5.56 Å². The quantitative estimate of drug-likeness (QED) is 0.528. The minimum absolute atomic E-state index is 0.000518. The molecule has 150 valence electrons. The van der Waals surface area contributed by atoms with Crippen LogP contribution in [0.2, 0.25) is 0 Å². The van der Waals surface area contributed by atoms with Crippen LogP contribution in [0.3, 0.4) is 0 Å². The lowest BCUT2D eigenvalue weighted by atomic mass is 9.86. The van der Waals surface area contributed by atoms with E-state index in [-0.39, 0.29) is 23.4 Å². The lowest BCUT2D eigenvalue weighted by Crippen LogP contribution is -2.15. The summed E-state index contributed by atoms with van der Waals surface area (Å²) in [5.74, 6) is 0.104. The SMILES string of the molecule is COc1cc(C(=O)OCC(=O)c2ccc(C(C)(C)C)cc2)cc(OC)c1OC. The second-order valence-corrected chi connectivity index (χ2v) is 7.24. The Kier molecular flexibility index (Phi) is 6.67. The molecule has 0 bridgehead atoms. The number of methoxy groups -OCH3 is 3. The molecule has 6 heteroatoms. The fourth-order valence-electron chi connectivity index (χ4n) is 2.65. The van der Waals surface area contributed by atoms with Gasteiger partial charge in [-0.25, -0.2) is 4.79 Å². The third-order valence-corrected chi connectivity index (χ3v) is 4.31. The Bertz CT molecular complexity index is 821. The first kappa shape index (κ1) is 21.3. The van der Waals surface area contributed by atoms with E-state index in [2.05, 4.69) is 20.8 Å². The minimum Gasteiger partial charge on any atom is -0.493 e. The molecular weight excluding hydrogens is 360 g/mol. The van der Waals surface area contributed by atoms with Crippen LogP contribution in [0.1, 0.15) is 47.1 Å². The first-order valence-electron chi connectivity index (χ1n) is 8.82. The van der Waals surface area contributed by atoms with Gasteiger partial charge in [0.2, 0.25) is 5.75 Å². The highest BCUT2D eigenvalue weighted by Crippen LogP contribution is 2.38. The van der Waals surface area contributed by atoms with E-state index in [1.165, 1.54) is 33.5 Å². The van der Waals surface area contributed by atoms with Crippen LogP contribution in [0.5, 0.6) is 17.2 Å². The van der Waals surface area contributed by atoms with Gasteiger partial charge in [-0.05, 0) is 23.1 Å². The fourth-order valence-corrected chi connectivity index (χ4v) is 2.65. The second-order valence-electron chi connectivity index (χ2n) is 7.24. The number of carbonyl (C=O) groups excluding carboxylic acids is 2. The average molecular weight is 386 g/mol. The molecule has 0 fully saturated rings. The molecule has 0 aliphatic carbocycles. The van der Waals surface area contributed by atoms with E-state index in [0.717, 1.165) is 5.56 Å². The van der Waals surface area contributed by atoms with Crippen LogP contribution in [-0.2, 0) is 10.2 Å². The van der Waals surface area contributed by atoms with E-state index in [0.29, 0.717) is 22.8 Å². The molecule has 2 rings (SSSR count). The summed E-state index contributed by atoms with van der Waals surface area (Å²) in [6.45, 7) is 5.94. The molecule has 2 aromatic rings. The minimum atomic E-state index is -0.654. The van der Waals surface area contributed by atoms with Crippen molar-refractivity contribution in [2.45, 2.75) is 26.2 Å². The molecule has 6 nitrogen and oxygen atoms in total. The molecule has 28 heavy (non-hydrogen) atoms. The lowest BCUT2D eigenvalue weighted by Gasteiger charge is -2.19. The summed E-state index contributed by atoms with van der Waals surface area (Å²) in [4.78, 5) is 24.7. The molecule has 0 unspecified atom stereocenters. The summed E-state index contributed by atoms with van der Waals surface area (Å²) < 4.78 is 20.8. The third kappa shape index (κ3) is 4.82. The predicted octanol–water partition coefficient (Wildman–Crippen LogP) is 4.05. The van der Waals surface area contributed by atoms with Crippen LogP contribution in [0, 0.1) is 0 Å². The normalized spacial score (nSPS) is 10.9. The van der Waals surface area contributed by atoms with Crippen molar-refractivity contribution < 1.29 is 28.5 Å². The van der Waals surface area contributed by atoms with Crippen LogP contribution in [0.15, 0.2) is 36.4 Å². The number of rotatable bonds is 7. The molecule has 2 aromatic carbocycles. The zero-order valence-corrected chi connectivity index (χ0v) is 17.1. The van der Waals surface area contributed by atoms with E-state index >= 15 is 0 Å². The molecular formula is C22H26O6. The van der Waals surface area contributed by atoms with Crippen molar-refractivity contribution in [3.8, 4) is 17.2 Å². The van der Waals surface area contributed by atoms with Crippen molar-refractivity contribution in [2.24, 2.45) is 0 Å². The first-order valence-corrected chi connectivity index (χ1v) is 8.82. The smallest absolute Gasteiger partial charge is 0.338 e. The van der Waals surface area contributed by atoms with E-state index in [1.54, 1.807) is 12.1 Å². The van der Waals surface area contributed by atoms with Gasteiger partial charge in [0.25, 0.3) is 0 Å². The van der Waals surface area contributed by atoms with Crippen molar-refractivity contribution in [1.29, 1.82) is 0 Å². The van der Waals surface area contributed by atoms with Gasteiger partial charge in [0.15, 0.2) is 23.9 Å². The number of Topliss-reactive ketones (excluding diaryl/α,β-unsaturated/α-hetero) is 1. The van der Waals surface area contributed by atoms with Gasteiger partial charge in [0.1, 0.15) is 0 Å². The number of benzene rings is 2. The summed E-state index contributed by atoms with van der Waals surface area (Å²) >= 11 is 0. The molecule has 0 radical (unpaired) electrons. The van der Waals surface area contributed by atoms with Crippen LogP contribution in [0.25, 0.3) is 0 Å². The number of esters is 1. The standard InChI is InChI=1S/C22H26O6/c1-22(2,3)16-9-7-14(8-10-16)17(23)13-28-21(24)15-11-18(25-4)20(27-6)19(12-15)26-5/h7-12H,13H2,1-6H3. The maximum absolute atomic E-state index is 12.4. The molecule has 0 saturated heterocycles. The predicted molar refractivity (Wildman–Crippen MR) is 106 cm³/mol. The maximum atomic E-state index is 12.4. The van der Waals surface area contributed by atoms with Gasteiger partial charge < -0.3 is 18.9 Å². The Morgan fingerprint density at radius 1 is 0.821 bits per heavy atom. The summed E-state index contributed by atoms with van der Waals surface area (Å²) in [5, 5.41) is 0. The monoisotopic (exact) mass is 386 g/mol. The topological polar surface area (TPSA) is 71.1 Å². The zero-order valence-electron chi connectivity index (χ0n) is 17.1. The molecule has 0 aliphatic heterocycles. The van der Waals surface area contributed by atoms with Crippen molar-refractivity contribution >= 4 is 11.8 Å². The number of hydrogen-bond acceptors (Lipinski definition) is 6. The van der Waals surface area contributed by atoms with Crippen LogP contribution in [-0.4, -0.2) is 39.7 Å². The third-order valence-electron chi connectivity index (χ3n) is 4.31. The molecule has 0 aliphatic rings. The maximum Gasteiger partial charge on any atom is 0.338 e. The van der Waals surface area contributed by atoms with Gasteiger partial charge in [-0.3, -0.25) is 4.79 Å². The Labute approximate surface area is 165 Å². The molecule has 0 amide bonds. The van der Waals surface area contributed by atoms with Crippen molar-refractivity contribution in [3.63, 3.8) is 0 Å². The molecule has 0 atom stereocenters. The highest BCUT2D eigenvalue weighted by molar-refractivity contribution is 5.99. The molecule has 0 heterocycles. The average Bonchev–Trinajstić information content (AvgIpc) is 2.69. The molecule has 0 saturated carbocycles. The van der Waals surface area contributed by atoms with Crippen LogP contribution in [0.4, 0.5) is 0 Å². The van der Waals surface area contributed by atoms with Crippen molar-refractivity contribution in [3.05, 3.63) is 53.1 Å². The first-order chi connectivity index (χ1) is 13.2. The Balaban J connectivity index is 2.10. The summed E-state index contributed by atoms with van der Waals surface area (Å²) in [6, 6.07) is 10.3. The van der Waals surface area contributed by atoms with E-state index in [1.807, 2.05) is 12.1 Å². The van der Waals surface area contributed by atoms with E-state index in [4.69, 9.17) is 18.9 Å². The fraction of sp³-hybridized carbons (Fsp3) is 0.364. The van der Waals surface area contributed by atoms with E-state index in [9.17, 15) is 9.59 Å². The number of ketones is 1. The lowest BCUT2D eigenvalue weighted by molar-refractivity contribution is 0.0474. The van der Waals surface area contributed by atoms with Gasteiger partial charge >= 0.3 is 5.97 Å². The Hall–Kier alpha value is -3.02. The van der Waals surface area contributed by atoms with Crippen LogP contribution >= 0.6 is 0 Å². The van der Waals surface area contributed by atoms with Crippen molar-refractivity contribution in [1.82, 2.24) is 0 Å². The number of hydrogen-bond donors (Lipinski definition) is 0. The van der Waals surface area contributed by atoms with Crippen molar-refractivity contribution in [2.75, 3.05) is 27.9 Å². The van der Waals surface area contributed by atoms with Gasteiger partial charge in [-0.15, -0.1) is 0 Å². The summed E-state index contributed by atoms with van der Waals surface area (Å²) in [5.41, 5.74) is 1.81. The van der Waals surface area contributed by atoms with Gasteiger partial charge in [-0.2, -0.15) is 0 Å². The summed E-state index contributed by atoms with van der Waals surface area (Å²) in [6.07, 6.45) is 0. The highest BCUT2D eigenvalue weighted by Gasteiger charge is 2.19. The second kappa shape index (κ2) is 8.78. The van der Waals surface area contributed by atoms with E-state index < -0.39 is 5.97 Å². The zero-order chi connectivity index (χ0) is 20.9. The highest BCUT2D eigenvalue weighted by atomic mass is 16.5. The summed E-state index contributed by atoms with van der Waals surface area (Å²) in [7, 11) is 4.39. The van der Waals surface area contributed by atoms with Crippen LogP contribution < -0.4 is 14.2 Å². The number of ether oxygens (including phenoxy) is 4.